The van der Waals surface area contributed by atoms with Gasteiger partial charge in [-0.3, -0.25) is 4.79 Å². The van der Waals surface area contributed by atoms with Gasteiger partial charge in [-0.25, -0.2) is 0 Å². The van der Waals surface area contributed by atoms with Crippen LogP contribution >= 0.6 is 0 Å². The van der Waals surface area contributed by atoms with Gasteiger partial charge in [-0.1, -0.05) is 0 Å². The summed E-state index contributed by atoms with van der Waals surface area (Å²) < 4.78 is 1.84. The Kier molecular flexibility index (Phi) is 1.15. The Morgan fingerprint density at radius 1 is 1.45 bits per heavy atom. The van der Waals surface area contributed by atoms with Crippen molar-refractivity contribution >= 4 is 12.0 Å². The quantitative estimate of drug-likeness (QED) is 0.499. The Balaban J connectivity index is 2.74. The van der Waals surface area contributed by atoms with Gasteiger partial charge < -0.3 is 0 Å². The fourth-order valence-corrected chi connectivity index (χ4v) is 1.31. The molecule has 2 heteroatoms. The molecule has 0 bridgehead atoms. The fraction of sp³-hybridized carbons (Fsp3) is 0.111. The van der Waals surface area contributed by atoms with Crippen molar-refractivity contribution in [2.45, 2.75) is 6.92 Å². The van der Waals surface area contributed by atoms with E-state index in [0.717, 1.165) is 11.3 Å². The van der Waals surface area contributed by atoms with Gasteiger partial charge in [0.2, 0.25) is 0 Å². The first-order valence-electron chi connectivity index (χ1n) is 3.52. The second-order valence-corrected chi connectivity index (χ2v) is 2.63. The van der Waals surface area contributed by atoms with Crippen molar-refractivity contribution < 1.29 is 9.36 Å². The molecule has 0 spiro atoms. The van der Waals surface area contributed by atoms with E-state index in [2.05, 4.69) is 0 Å². The van der Waals surface area contributed by atoms with Gasteiger partial charge in [0.05, 0.1) is 6.08 Å². The Morgan fingerprint density at radius 3 is 3.00 bits per heavy atom. The minimum atomic E-state index is 0.100. The summed E-state index contributed by atoms with van der Waals surface area (Å²) in [6.07, 6.45) is 5.25. The molecule has 0 aromatic carbocycles. The highest BCUT2D eigenvalue weighted by atomic mass is 16.1. The minimum absolute atomic E-state index is 0.100. The molecule has 54 valence electrons. The van der Waals surface area contributed by atoms with E-state index in [1.807, 2.05) is 29.8 Å². The van der Waals surface area contributed by atoms with Gasteiger partial charge in [0.1, 0.15) is 0 Å². The number of aromatic nitrogens is 1. The molecule has 2 heterocycles. The van der Waals surface area contributed by atoms with Crippen LogP contribution in [0.2, 0.25) is 0 Å². The highest BCUT2D eigenvalue weighted by Crippen LogP contribution is 2.07. The van der Waals surface area contributed by atoms with E-state index < -0.39 is 0 Å². The molecular formula is C9H8NO+. The van der Waals surface area contributed by atoms with Crippen LogP contribution in [0.1, 0.15) is 16.1 Å². The third-order valence-electron chi connectivity index (χ3n) is 1.84. The third-order valence-corrected chi connectivity index (χ3v) is 1.84. The van der Waals surface area contributed by atoms with Crippen LogP contribution in [0.3, 0.4) is 0 Å². The van der Waals surface area contributed by atoms with Crippen LogP contribution < -0.4 is 4.57 Å². The maximum Gasteiger partial charge on any atom is 0.261 e. The number of nitrogens with zero attached hydrogens (tertiary/aromatic N) is 1. The van der Waals surface area contributed by atoms with Crippen molar-refractivity contribution in [3.8, 4) is 0 Å². The molecule has 0 radical (unpaired) electrons. The van der Waals surface area contributed by atoms with E-state index in [1.165, 1.54) is 0 Å². The van der Waals surface area contributed by atoms with Crippen LogP contribution in [0.25, 0.3) is 6.20 Å². The number of hydrogen-bond acceptors (Lipinski definition) is 1. The molecule has 0 N–H and O–H groups in total. The molecule has 1 aromatic rings. The summed E-state index contributed by atoms with van der Waals surface area (Å²) in [6.45, 7) is 1.94. The number of pyridine rings is 1. The van der Waals surface area contributed by atoms with Gasteiger partial charge in [0.25, 0.3) is 11.5 Å². The lowest BCUT2D eigenvalue weighted by molar-refractivity contribution is -0.567. The Morgan fingerprint density at radius 2 is 2.27 bits per heavy atom. The number of fused-ring (bicyclic) bond motifs is 1. The predicted molar refractivity (Wildman–Crippen MR) is 41.0 cm³/mol. The van der Waals surface area contributed by atoms with Crippen LogP contribution in [-0.2, 0) is 0 Å². The summed E-state index contributed by atoms with van der Waals surface area (Å²) in [5.74, 6) is 0.100. The average Bonchev–Trinajstić information content (AvgIpc) is 2.34. The standard InChI is InChI=1S/C9H8NO/c1-7-3-2-5-10-6-4-8(11)9(7)10/h2-6H,1H3/q+1. The van der Waals surface area contributed by atoms with Crippen molar-refractivity contribution in [3.05, 3.63) is 35.7 Å². The van der Waals surface area contributed by atoms with Gasteiger partial charge in [-0.15, -0.1) is 0 Å². The Bertz CT molecular complexity index is 353. The SMILES string of the molecule is Cc1ccc[n+]2c1C(=O)C=C2. The monoisotopic (exact) mass is 146 g/mol. The number of hydrogen-bond donors (Lipinski definition) is 0. The van der Waals surface area contributed by atoms with Crippen molar-refractivity contribution in [2.24, 2.45) is 0 Å². The van der Waals surface area contributed by atoms with Gasteiger partial charge in [0.15, 0.2) is 12.4 Å². The first-order chi connectivity index (χ1) is 5.29. The molecule has 0 aliphatic carbocycles. The molecule has 11 heavy (non-hydrogen) atoms. The van der Waals surface area contributed by atoms with E-state index in [-0.39, 0.29) is 5.78 Å². The number of rotatable bonds is 0. The lowest BCUT2D eigenvalue weighted by atomic mass is 10.2. The lowest BCUT2D eigenvalue weighted by Crippen LogP contribution is -2.29. The van der Waals surface area contributed by atoms with Gasteiger partial charge >= 0.3 is 0 Å². The number of ketones is 1. The Hall–Kier alpha value is -1.44. The molecule has 2 rings (SSSR count). The first kappa shape index (κ1) is 6.28. The van der Waals surface area contributed by atoms with Gasteiger partial charge in [0, 0.05) is 11.6 Å². The summed E-state index contributed by atoms with van der Waals surface area (Å²) in [5, 5.41) is 0. The zero-order chi connectivity index (χ0) is 7.84. The van der Waals surface area contributed by atoms with Crippen molar-refractivity contribution in [1.82, 2.24) is 0 Å². The molecule has 0 amide bonds. The van der Waals surface area contributed by atoms with Crippen molar-refractivity contribution in [3.63, 3.8) is 0 Å². The number of carbonyl (C=O) groups is 1. The number of allylic oxidation sites excluding steroid dienone is 1. The van der Waals surface area contributed by atoms with Crippen LogP contribution in [0.5, 0.6) is 0 Å². The highest BCUT2D eigenvalue weighted by molar-refractivity contribution is 6.06. The molecule has 0 saturated heterocycles. The molecular weight excluding hydrogens is 138 g/mol. The lowest BCUT2D eigenvalue weighted by Gasteiger charge is -1.92. The molecule has 0 saturated carbocycles. The van der Waals surface area contributed by atoms with E-state index >= 15 is 0 Å². The topological polar surface area (TPSA) is 20.9 Å². The number of aryl methyl sites for hydroxylation is 1. The fourth-order valence-electron chi connectivity index (χ4n) is 1.31. The average molecular weight is 146 g/mol. The molecule has 0 fully saturated rings. The van der Waals surface area contributed by atoms with Gasteiger partial charge in [-0.05, 0) is 13.0 Å². The van der Waals surface area contributed by atoms with E-state index in [9.17, 15) is 4.79 Å². The molecule has 0 atom stereocenters. The zero-order valence-electron chi connectivity index (χ0n) is 6.24. The van der Waals surface area contributed by atoms with Crippen LogP contribution in [0.15, 0.2) is 24.4 Å². The largest absolute Gasteiger partial charge is 0.282 e. The normalized spacial score (nSPS) is 13.7. The van der Waals surface area contributed by atoms with Crippen molar-refractivity contribution in [1.29, 1.82) is 0 Å². The van der Waals surface area contributed by atoms with Crippen molar-refractivity contribution in [2.75, 3.05) is 0 Å². The number of carbonyl (C=O) groups excluding carboxylic acids is 1. The molecule has 1 aliphatic heterocycles. The molecule has 1 aromatic heterocycles. The van der Waals surface area contributed by atoms with E-state index in [1.54, 1.807) is 12.3 Å². The summed E-state index contributed by atoms with van der Waals surface area (Å²) in [6, 6.07) is 3.87. The minimum Gasteiger partial charge on any atom is -0.282 e. The van der Waals surface area contributed by atoms with Crippen LogP contribution in [0.4, 0.5) is 0 Å². The molecule has 1 aliphatic rings. The van der Waals surface area contributed by atoms with Crippen LogP contribution in [0, 0.1) is 6.92 Å². The first-order valence-corrected chi connectivity index (χ1v) is 3.52. The summed E-state index contributed by atoms with van der Waals surface area (Å²) >= 11 is 0. The molecule has 2 nitrogen and oxygen atoms in total. The smallest absolute Gasteiger partial charge is 0.261 e. The van der Waals surface area contributed by atoms with E-state index in [4.69, 9.17) is 0 Å². The van der Waals surface area contributed by atoms with E-state index in [0.29, 0.717) is 0 Å². The maximum absolute atomic E-state index is 11.2. The second-order valence-electron chi connectivity index (χ2n) is 2.63. The third kappa shape index (κ3) is 0.792. The maximum atomic E-state index is 11.2. The molecule has 0 unspecified atom stereocenters. The predicted octanol–water partition coefficient (Wildman–Crippen LogP) is 0.950. The van der Waals surface area contributed by atoms with Crippen LogP contribution in [-0.4, -0.2) is 5.78 Å². The van der Waals surface area contributed by atoms with Gasteiger partial charge in [-0.2, -0.15) is 4.57 Å². The highest BCUT2D eigenvalue weighted by Gasteiger charge is 2.23. The summed E-state index contributed by atoms with van der Waals surface area (Å²) in [4.78, 5) is 11.2. The Labute approximate surface area is 64.8 Å². The zero-order valence-corrected chi connectivity index (χ0v) is 6.24. The summed E-state index contributed by atoms with van der Waals surface area (Å²) in [5.41, 5.74) is 1.81. The second kappa shape index (κ2) is 2.02. The summed E-state index contributed by atoms with van der Waals surface area (Å²) in [7, 11) is 0.